The lowest BCUT2D eigenvalue weighted by molar-refractivity contribution is 0.271. The van der Waals surface area contributed by atoms with Crippen molar-refractivity contribution < 1.29 is 30.0 Å². The maximum absolute atomic E-state index is 16.1. The fraction of sp³-hybridized carbons (Fsp3) is 0.367. The minimum atomic E-state index is -4.66. The number of aromatic nitrogens is 3. The third-order valence-electron chi connectivity index (χ3n) is 8.23. The molecule has 2 fully saturated rings. The Morgan fingerprint density at radius 2 is 1.73 bits per heavy atom. The minimum Gasteiger partial charge on any atom is -0.277 e. The van der Waals surface area contributed by atoms with Crippen LogP contribution in [-0.4, -0.2) is 55.4 Å². The van der Waals surface area contributed by atoms with E-state index >= 15 is 4.39 Å². The summed E-state index contributed by atoms with van der Waals surface area (Å²) in [6, 6.07) is 7.87. The van der Waals surface area contributed by atoms with Crippen molar-refractivity contribution in [2.75, 3.05) is 24.1 Å². The summed E-state index contributed by atoms with van der Waals surface area (Å²) >= 11 is 1.41. The van der Waals surface area contributed by atoms with E-state index in [9.17, 15) is 25.6 Å². The molecule has 0 amide bonds. The van der Waals surface area contributed by atoms with Crippen LogP contribution in [0.25, 0.3) is 21.8 Å². The van der Waals surface area contributed by atoms with Crippen molar-refractivity contribution in [1.29, 1.82) is 0 Å². The van der Waals surface area contributed by atoms with Crippen LogP contribution in [0.15, 0.2) is 53.6 Å². The fourth-order valence-electron chi connectivity index (χ4n) is 5.53. The van der Waals surface area contributed by atoms with Gasteiger partial charge in [-0.25, -0.2) is 49.3 Å². The van der Waals surface area contributed by atoms with Gasteiger partial charge < -0.3 is 0 Å². The third-order valence-corrected chi connectivity index (χ3v) is 12.2. The van der Waals surface area contributed by atoms with E-state index in [1.165, 1.54) is 40.1 Å². The molecule has 3 heterocycles. The van der Waals surface area contributed by atoms with E-state index in [4.69, 9.17) is 9.97 Å². The van der Waals surface area contributed by atoms with Crippen molar-refractivity contribution in [3.63, 3.8) is 0 Å². The van der Waals surface area contributed by atoms with Crippen LogP contribution in [0.4, 0.5) is 18.9 Å². The van der Waals surface area contributed by atoms with Crippen LogP contribution >= 0.6 is 11.3 Å². The number of anilines is 1. The molecule has 1 aliphatic heterocycles. The summed E-state index contributed by atoms with van der Waals surface area (Å²) in [6.07, 6.45) is 7.73. The van der Waals surface area contributed by atoms with Gasteiger partial charge in [0.25, 0.3) is 10.0 Å². The molecule has 0 atom stereocenters. The van der Waals surface area contributed by atoms with Gasteiger partial charge in [0.2, 0.25) is 10.0 Å². The normalized spacial score (nSPS) is 16.9. The predicted molar refractivity (Wildman–Crippen MR) is 165 cm³/mol. The molecule has 2 aliphatic rings. The first kappa shape index (κ1) is 31.6. The lowest BCUT2D eigenvalue weighted by atomic mass is 9.86. The van der Waals surface area contributed by atoms with Crippen LogP contribution in [0.1, 0.15) is 48.9 Å². The molecule has 1 saturated heterocycles. The molecule has 238 valence electrons. The summed E-state index contributed by atoms with van der Waals surface area (Å²) in [4.78, 5) is 13.7. The Bertz CT molecular complexity index is 1960. The smallest absolute Gasteiger partial charge is 0.265 e. The molecular weight excluding hydrogens is 648 g/mol. The average Bonchev–Trinajstić information content (AvgIpc) is 3.38. The summed E-state index contributed by atoms with van der Waals surface area (Å²) in [5.41, 5.74) is 0.423. The molecule has 6 rings (SSSR count). The van der Waals surface area contributed by atoms with Crippen LogP contribution in [-0.2, 0) is 26.5 Å². The molecular formula is C30H30F3N5O4S3. The standard InChI is InChI=1S/C30H30F3N5O4S3/c1-44(39,40)38-14-11-18(12-15-38)16-26-34-13-10-24(35-26)29-28(36-30(43-29)19-4-2-5-19)21-6-3-7-23(27(21)33)37-45(41,42)25-17-20(31)8-9-22(25)32/h3,6-10,13,17-19,37H,2,4-5,11-12,14-16H2,1H3. The van der Waals surface area contributed by atoms with E-state index in [2.05, 4.69) is 9.71 Å². The molecule has 2 aromatic carbocycles. The van der Waals surface area contributed by atoms with Gasteiger partial charge in [-0.05, 0) is 68.0 Å². The maximum atomic E-state index is 16.1. The van der Waals surface area contributed by atoms with E-state index in [1.54, 1.807) is 12.3 Å². The maximum Gasteiger partial charge on any atom is 0.265 e. The number of halogens is 3. The lowest BCUT2D eigenvalue weighted by Gasteiger charge is -2.29. The summed E-state index contributed by atoms with van der Waals surface area (Å²) in [5.74, 6) is -2.04. The molecule has 15 heteroatoms. The van der Waals surface area contributed by atoms with Crippen LogP contribution in [0.5, 0.6) is 0 Å². The highest BCUT2D eigenvalue weighted by atomic mass is 32.2. The molecule has 45 heavy (non-hydrogen) atoms. The van der Waals surface area contributed by atoms with Crippen LogP contribution in [0, 0.1) is 23.4 Å². The van der Waals surface area contributed by atoms with Gasteiger partial charge in [-0.3, -0.25) is 4.72 Å². The Balaban J connectivity index is 1.32. The number of thiazole rings is 1. The lowest BCUT2D eigenvalue weighted by Crippen LogP contribution is -2.38. The van der Waals surface area contributed by atoms with E-state index in [1.807, 2.05) is 0 Å². The summed E-state index contributed by atoms with van der Waals surface area (Å²) < 4.78 is 97.3. The molecule has 9 nitrogen and oxygen atoms in total. The van der Waals surface area contributed by atoms with Gasteiger partial charge in [-0.15, -0.1) is 11.3 Å². The Morgan fingerprint density at radius 1 is 0.978 bits per heavy atom. The molecule has 0 spiro atoms. The molecule has 2 aromatic heterocycles. The Hall–Kier alpha value is -3.40. The highest BCUT2D eigenvalue weighted by Gasteiger charge is 2.30. The molecule has 0 unspecified atom stereocenters. The second-order valence-corrected chi connectivity index (χ2v) is 16.0. The predicted octanol–water partition coefficient (Wildman–Crippen LogP) is 5.97. The topological polar surface area (TPSA) is 122 Å². The fourth-order valence-corrected chi connectivity index (χ4v) is 8.77. The molecule has 1 N–H and O–H groups in total. The minimum absolute atomic E-state index is 0.0278. The van der Waals surface area contributed by atoms with Gasteiger partial charge in [0.15, 0.2) is 5.82 Å². The molecule has 1 aliphatic carbocycles. The van der Waals surface area contributed by atoms with Gasteiger partial charge in [0, 0.05) is 37.2 Å². The monoisotopic (exact) mass is 677 g/mol. The number of benzene rings is 2. The first-order valence-corrected chi connectivity index (χ1v) is 18.6. The summed E-state index contributed by atoms with van der Waals surface area (Å²) in [5, 5.41) is 0.826. The van der Waals surface area contributed by atoms with Crippen molar-refractivity contribution in [3.8, 4) is 21.8 Å². The second-order valence-electron chi connectivity index (χ2n) is 11.4. The van der Waals surface area contributed by atoms with Crippen LogP contribution in [0.2, 0.25) is 0 Å². The highest BCUT2D eigenvalue weighted by molar-refractivity contribution is 7.92. The van der Waals surface area contributed by atoms with Gasteiger partial charge in [0.1, 0.15) is 22.4 Å². The Kier molecular flexibility index (Phi) is 8.71. The van der Waals surface area contributed by atoms with Gasteiger partial charge in [-0.1, -0.05) is 12.5 Å². The Morgan fingerprint density at radius 3 is 2.42 bits per heavy atom. The first-order valence-electron chi connectivity index (χ1n) is 14.4. The second kappa shape index (κ2) is 12.4. The molecule has 0 bridgehead atoms. The zero-order valence-electron chi connectivity index (χ0n) is 24.2. The number of nitrogens with zero attached hydrogens (tertiary/aromatic N) is 4. The SMILES string of the molecule is CS(=O)(=O)N1CCC(Cc2nccc(-c3sc(C4CCC4)nc3-c3cccc(NS(=O)(=O)c4cc(F)ccc4F)c3F)n2)CC1. The third kappa shape index (κ3) is 6.76. The largest absolute Gasteiger partial charge is 0.277 e. The summed E-state index contributed by atoms with van der Waals surface area (Å²) in [6.45, 7) is 0.885. The summed E-state index contributed by atoms with van der Waals surface area (Å²) in [7, 11) is -7.90. The number of piperidine rings is 1. The van der Waals surface area contributed by atoms with E-state index in [0.29, 0.717) is 66.6 Å². The van der Waals surface area contributed by atoms with Crippen molar-refractivity contribution in [1.82, 2.24) is 19.3 Å². The zero-order chi connectivity index (χ0) is 31.9. The Labute approximate surface area is 263 Å². The molecule has 1 saturated carbocycles. The number of hydrogen-bond acceptors (Lipinski definition) is 8. The molecule has 4 aromatic rings. The van der Waals surface area contributed by atoms with Crippen molar-refractivity contribution >= 4 is 37.1 Å². The van der Waals surface area contributed by atoms with Crippen molar-refractivity contribution in [2.24, 2.45) is 5.92 Å². The highest BCUT2D eigenvalue weighted by Crippen LogP contribution is 2.45. The first-order chi connectivity index (χ1) is 21.4. The van der Waals surface area contributed by atoms with Gasteiger partial charge >= 0.3 is 0 Å². The quantitative estimate of drug-likeness (QED) is 0.232. The van der Waals surface area contributed by atoms with Crippen LogP contribution in [0.3, 0.4) is 0 Å². The van der Waals surface area contributed by atoms with Gasteiger partial charge in [-0.2, -0.15) is 0 Å². The number of sulfonamides is 2. The van der Waals surface area contributed by atoms with E-state index in [-0.39, 0.29) is 17.4 Å². The van der Waals surface area contributed by atoms with Crippen molar-refractivity contribution in [3.05, 3.63) is 76.9 Å². The zero-order valence-corrected chi connectivity index (χ0v) is 26.7. The number of hydrogen-bond donors (Lipinski definition) is 1. The number of rotatable bonds is 9. The average molecular weight is 678 g/mol. The number of nitrogens with one attached hydrogen (secondary N) is 1. The van der Waals surface area contributed by atoms with Crippen LogP contribution < -0.4 is 4.72 Å². The van der Waals surface area contributed by atoms with E-state index < -0.39 is 48.1 Å². The van der Waals surface area contributed by atoms with Gasteiger partial charge in [0.05, 0.1) is 33.2 Å². The molecule has 0 radical (unpaired) electrons. The van der Waals surface area contributed by atoms with Crippen molar-refractivity contribution in [2.45, 2.75) is 49.3 Å². The van der Waals surface area contributed by atoms with E-state index in [0.717, 1.165) is 30.3 Å².